The Bertz CT molecular complexity index is 2450. The number of nitrogens with zero attached hydrogens (tertiary/aromatic N) is 1. The highest BCUT2D eigenvalue weighted by atomic mass is 16.3. The second kappa shape index (κ2) is 13.1. The van der Waals surface area contributed by atoms with Gasteiger partial charge in [0.15, 0.2) is 5.58 Å². The Morgan fingerprint density at radius 1 is 0.509 bits per heavy atom. The van der Waals surface area contributed by atoms with E-state index in [0.717, 1.165) is 28.2 Å². The van der Waals surface area contributed by atoms with Crippen LogP contribution in [0.2, 0.25) is 0 Å². The van der Waals surface area contributed by atoms with Crippen LogP contribution in [0.1, 0.15) is 112 Å². The maximum Gasteiger partial charge on any atom is 0.159 e. The molecule has 0 atom stereocenters. The molecule has 7 aromatic rings. The lowest BCUT2D eigenvalue weighted by Gasteiger charge is -2.30. The SMILES string of the molecule is CC1(C)c2ccccc2-c2ccc(N(c3ccccc3-c3ccc(C4CCCCC4)cc3)c3cccc4c3oc3c(C5CCCCC5)cccc34)cc21. The lowest BCUT2D eigenvalue weighted by molar-refractivity contribution is 0.442. The van der Waals surface area contributed by atoms with Crippen LogP contribution in [0.3, 0.4) is 0 Å². The molecule has 0 radical (unpaired) electrons. The van der Waals surface area contributed by atoms with Crippen molar-refractivity contribution >= 4 is 39.0 Å². The third-order valence-corrected chi connectivity index (χ3v) is 13.1. The maximum atomic E-state index is 7.16. The van der Waals surface area contributed by atoms with Gasteiger partial charge in [0.2, 0.25) is 0 Å². The summed E-state index contributed by atoms with van der Waals surface area (Å²) in [5.41, 5.74) is 16.1. The first kappa shape index (κ1) is 32.6. The van der Waals surface area contributed by atoms with Crippen molar-refractivity contribution in [1.29, 1.82) is 0 Å². The molecule has 2 heteroatoms. The van der Waals surface area contributed by atoms with E-state index < -0.39 is 0 Å². The minimum absolute atomic E-state index is 0.109. The van der Waals surface area contributed by atoms with Crippen LogP contribution < -0.4 is 4.90 Å². The highest BCUT2D eigenvalue weighted by Crippen LogP contribution is 2.52. The van der Waals surface area contributed by atoms with Gasteiger partial charge in [-0.2, -0.15) is 0 Å². The Morgan fingerprint density at radius 2 is 1.13 bits per heavy atom. The lowest BCUT2D eigenvalue weighted by atomic mass is 9.82. The smallest absolute Gasteiger partial charge is 0.159 e. The molecule has 2 saturated carbocycles. The quantitative estimate of drug-likeness (QED) is 0.173. The van der Waals surface area contributed by atoms with Crippen molar-refractivity contribution < 1.29 is 4.42 Å². The van der Waals surface area contributed by atoms with Crippen LogP contribution in [0.15, 0.2) is 132 Å². The number of hydrogen-bond acceptors (Lipinski definition) is 2. The second-order valence-electron chi connectivity index (χ2n) is 16.5. The zero-order valence-corrected chi connectivity index (χ0v) is 31.2. The molecule has 0 N–H and O–H groups in total. The molecule has 1 aromatic heterocycles. The lowest BCUT2D eigenvalue weighted by Crippen LogP contribution is -2.17. The Balaban J connectivity index is 1.17. The molecule has 0 aliphatic heterocycles. The largest absolute Gasteiger partial charge is 0.454 e. The molecule has 0 amide bonds. The van der Waals surface area contributed by atoms with E-state index in [-0.39, 0.29) is 5.41 Å². The minimum Gasteiger partial charge on any atom is -0.454 e. The molecule has 53 heavy (non-hydrogen) atoms. The predicted octanol–water partition coefficient (Wildman–Crippen LogP) is 15.1. The van der Waals surface area contributed by atoms with Crippen molar-refractivity contribution in [2.75, 3.05) is 4.90 Å². The first-order chi connectivity index (χ1) is 26.1. The predicted molar refractivity (Wildman–Crippen MR) is 223 cm³/mol. The number of furan rings is 1. The van der Waals surface area contributed by atoms with E-state index >= 15 is 0 Å². The van der Waals surface area contributed by atoms with Crippen LogP contribution in [-0.2, 0) is 5.41 Å². The number of para-hydroxylation sites is 3. The van der Waals surface area contributed by atoms with Crippen molar-refractivity contribution in [2.45, 2.75) is 95.3 Å². The molecular formula is C51H49NO. The second-order valence-corrected chi connectivity index (χ2v) is 16.5. The normalized spacial score (nSPS) is 17.2. The fraction of sp³-hybridized carbons (Fsp3) is 0.294. The topological polar surface area (TPSA) is 16.4 Å². The molecule has 2 nitrogen and oxygen atoms in total. The van der Waals surface area contributed by atoms with Crippen LogP contribution in [0.25, 0.3) is 44.2 Å². The van der Waals surface area contributed by atoms with Gasteiger partial charge in [-0.05, 0) is 101 Å². The fourth-order valence-electron chi connectivity index (χ4n) is 10.3. The summed E-state index contributed by atoms with van der Waals surface area (Å²) in [6.45, 7) is 4.75. The van der Waals surface area contributed by atoms with Gasteiger partial charge >= 0.3 is 0 Å². The Morgan fingerprint density at radius 3 is 1.91 bits per heavy atom. The summed E-state index contributed by atoms with van der Waals surface area (Å²) in [7, 11) is 0. The number of benzene rings is 6. The van der Waals surface area contributed by atoms with E-state index in [0.29, 0.717) is 11.8 Å². The summed E-state index contributed by atoms with van der Waals surface area (Å²) in [5, 5.41) is 2.41. The fourth-order valence-corrected chi connectivity index (χ4v) is 10.3. The van der Waals surface area contributed by atoms with Gasteiger partial charge in [-0.1, -0.05) is 156 Å². The molecule has 6 aromatic carbocycles. The Labute approximate surface area is 314 Å². The Kier molecular flexibility index (Phi) is 8.05. The summed E-state index contributed by atoms with van der Waals surface area (Å²) in [6, 6.07) is 48.1. The summed E-state index contributed by atoms with van der Waals surface area (Å²) in [5.74, 6) is 1.25. The zero-order chi connectivity index (χ0) is 35.5. The zero-order valence-electron chi connectivity index (χ0n) is 31.2. The molecule has 10 rings (SSSR count). The summed E-state index contributed by atoms with van der Waals surface area (Å²) >= 11 is 0. The van der Waals surface area contributed by atoms with Crippen LogP contribution in [0, 0.1) is 0 Å². The van der Waals surface area contributed by atoms with Gasteiger partial charge < -0.3 is 9.32 Å². The van der Waals surface area contributed by atoms with Gasteiger partial charge in [0.1, 0.15) is 5.58 Å². The number of hydrogen-bond donors (Lipinski definition) is 0. The van der Waals surface area contributed by atoms with Gasteiger partial charge in [-0.3, -0.25) is 0 Å². The molecule has 3 aliphatic carbocycles. The van der Waals surface area contributed by atoms with Crippen molar-refractivity contribution in [2.24, 2.45) is 0 Å². The molecule has 0 unspecified atom stereocenters. The van der Waals surface area contributed by atoms with E-state index in [2.05, 4.69) is 146 Å². The van der Waals surface area contributed by atoms with E-state index in [4.69, 9.17) is 4.42 Å². The third-order valence-electron chi connectivity index (χ3n) is 13.1. The number of rotatable bonds is 6. The van der Waals surface area contributed by atoms with Crippen molar-refractivity contribution in [3.63, 3.8) is 0 Å². The van der Waals surface area contributed by atoms with Crippen LogP contribution in [0.5, 0.6) is 0 Å². The van der Waals surface area contributed by atoms with Crippen LogP contribution in [0.4, 0.5) is 17.1 Å². The van der Waals surface area contributed by atoms with E-state index in [1.165, 1.54) is 119 Å². The van der Waals surface area contributed by atoms with Crippen molar-refractivity contribution in [3.8, 4) is 22.3 Å². The van der Waals surface area contributed by atoms with Gasteiger partial charge in [-0.15, -0.1) is 0 Å². The average Bonchev–Trinajstić information content (AvgIpc) is 3.72. The third kappa shape index (κ3) is 5.44. The highest BCUT2D eigenvalue weighted by Gasteiger charge is 2.36. The van der Waals surface area contributed by atoms with Crippen molar-refractivity contribution in [3.05, 3.63) is 150 Å². The summed E-state index contributed by atoms with van der Waals surface area (Å²) < 4.78 is 7.16. The monoisotopic (exact) mass is 691 g/mol. The standard InChI is InChI=1S/C51H49NO/c1-51(2)45-24-11-9-20-41(45)42-32-31-38(33-46(42)51)52(47-25-12-10-19-39(47)37-29-27-35(28-30-37)34-15-5-3-6-16-34)48-26-14-23-44-43-22-13-21-40(49(43)53-50(44)48)36-17-7-4-8-18-36/h9-14,19-34,36H,3-8,15-18H2,1-2H3. The van der Waals surface area contributed by atoms with Crippen LogP contribution >= 0.6 is 0 Å². The molecule has 3 aliphatic rings. The maximum absolute atomic E-state index is 7.16. The number of fused-ring (bicyclic) bond motifs is 6. The highest BCUT2D eigenvalue weighted by molar-refractivity contribution is 6.11. The van der Waals surface area contributed by atoms with E-state index in [1.807, 2.05) is 0 Å². The number of anilines is 3. The average molecular weight is 692 g/mol. The minimum atomic E-state index is -0.109. The molecule has 0 saturated heterocycles. The van der Waals surface area contributed by atoms with Gasteiger partial charge in [0, 0.05) is 27.4 Å². The van der Waals surface area contributed by atoms with E-state index in [1.54, 1.807) is 0 Å². The molecule has 0 spiro atoms. The van der Waals surface area contributed by atoms with Crippen LogP contribution in [-0.4, -0.2) is 0 Å². The molecule has 1 heterocycles. The van der Waals surface area contributed by atoms with Gasteiger partial charge in [-0.25, -0.2) is 0 Å². The van der Waals surface area contributed by atoms with Gasteiger partial charge in [0.05, 0.1) is 11.4 Å². The molecule has 0 bridgehead atoms. The summed E-state index contributed by atoms with van der Waals surface area (Å²) in [4.78, 5) is 2.48. The first-order valence-corrected chi connectivity index (χ1v) is 20.2. The molecular weight excluding hydrogens is 643 g/mol. The molecule has 2 fully saturated rings. The first-order valence-electron chi connectivity index (χ1n) is 20.2. The van der Waals surface area contributed by atoms with Gasteiger partial charge in [0.25, 0.3) is 0 Å². The Hall–Kier alpha value is -5.08. The molecule has 264 valence electrons. The van der Waals surface area contributed by atoms with Crippen molar-refractivity contribution in [1.82, 2.24) is 0 Å². The summed E-state index contributed by atoms with van der Waals surface area (Å²) in [6.07, 6.45) is 13.1. The van der Waals surface area contributed by atoms with E-state index in [9.17, 15) is 0 Å².